The third-order valence-corrected chi connectivity index (χ3v) is 3.31. The van der Waals surface area contributed by atoms with Gasteiger partial charge in [0.1, 0.15) is 5.69 Å². The van der Waals surface area contributed by atoms with Crippen molar-refractivity contribution in [3.05, 3.63) is 47.7 Å². The van der Waals surface area contributed by atoms with E-state index in [0.29, 0.717) is 10.6 Å². The molecule has 0 aliphatic heterocycles. The highest BCUT2D eigenvalue weighted by atomic mass is 19.4. The first-order valence-corrected chi connectivity index (χ1v) is 6.48. The van der Waals surface area contributed by atoms with Crippen LogP contribution in [0.25, 0.3) is 16.8 Å². The third-order valence-electron chi connectivity index (χ3n) is 3.31. The fraction of sp³-hybridized carbons (Fsp3) is 0.143. The molecular weight excluding hydrogens is 338 g/mol. The number of nitrogens with two attached hydrogens (primary N) is 1. The van der Waals surface area contributed by atoms with Crippen LogP contribution in [0, 0.1) is 0 Å². The number of halogens is 6. The Bertz CT molecular complexity index is 910. The molecule has 0 aliphatic carbocycles. The van der Waals surface area contributed by atoms with Gasteiger partial charge >= 0.3 is 12.4 Å². The highest BCUT2D eigenvalue weighted by Crippen LogP contribution is 2.39. The zero-order chi connectivity index (χ0) is 17.7. The first-order valence-electron chi connectivity index (χ1n) is 6.48. The molecule has 0 radical (unpaired) electrons. The molecule has 2 N–H and O–H groups in total. The fourth-order valence-electron chi connectivity index (χ4n) is 2.37. The van der Waals surface area contributed by atoms with Gasteiger partial charge in [-0.25, -0.2) is 4.52 Å². The molecular formula is C14H8F6N4. The van der Waals surface area contributed by atoms with E-state index in [2.05, 4.69) is 10.1 Å². The molecule has 3 rings (SSSR count). The second-order valence-electron chi connectivity index (χ2n) is 4.88. The smallest absolute Gasteiger partial charge is 0.366 e. The van der Waals surface area contributed by atoms with Gasteiger partial charge in [0.05, 0.1) is 5.56 Å². The van der Waals surface area contributed by atoms with Gasteiger partial charge in [-0.2, -0.15) is 31.3 Å². The van der Waals surface area contributed by atoms with Crippen LogP contribution in [0.2, 0.25) is 0 Å². The molecule has 1 aromatic carbocycles. The predicted molar refractivity (Wildman–Crippen MR) is 72.8 cm³/mol. The van der Waals surface area contributed by atoms with Gasteiger partial charge in [-0.15, -0.1) is 5.10 Å². The minimum Gasteiger partial charge on any atom is -0.366 e. The van der Waals surface area contributed by atoms with Gasteiger partial charge in [0.2, 0.25) is 5.95 Å². The average molecular weight is 346 g/mol. The molecule has 0 saturated heterocycles. The van der Waals surface area contributed by atoms with Gasteiger partial charge in [0.25, 0.3) is 0 Å². The van der Waals surface area contributed by atoms with E-state index in [-0.39, 0.29) is 11.1 Å². The van der Waals surface area contributed by atoms with Crippen molar-refractivity contribution in [2.24, 2.45) is 0 Å². The summed E-state index contributed by atoms with van der Waals surface area (Å²) in [6.07, 6.45) is -9.44. The zero-order valence-corrected chi connectivity index (χ0v) is 11.7. The summed E-state index contributed by atoms with van der Waals surface area (Å²) in [5.41, 5.74) is 2.30. The Morgan fingerprint density at radius 2 is 1.50 bits per heavy atom. The molecule has 126 valence electrons. The number of fused-ring (bicyclic) bond motifs is 1. The molecule has 0 unspecified atom stereocenters. The summed E-state index contributed by atoms with van der Waals surface area (Å²) in [5, 5.41) is 3.44. The monoisotopic (exact) mass is 346 g/mol. The predicted octanol–water partition coefficient (Wildman–Crippen LogP) is 4.02. The van der Waals surface area contributed by atoms with Gasteiger partial charge in [0.15, 0.2) is 5.65 Å². The molecule has 0 aliphatic rings. The van der Waals surface area contributed by atoms with Crippen molar-refractivity contribution in [1.82, 2.24) is 14.6 Å². The maximum absolute atomic E-state index is 13.2. The van der Waals surface area contributed by atoms with Gasteiger partial charge < -0.3 is 5.73 Å². The second kappa shape index (κ2) is 5.11. The standard InChI is InChI=1S/C14H8F6N4/c15-13(16,17)9-4-2-1-3-7(9)8-5-6-10(14(18,19)20)24-11(8)22-12(21)23-24/h1-6H,(H2,21,23). The first kappa shape index (κ1) is 16.1. The summed E-state index contributed by atoms with van der Waals surface area (Å²) in [6, 6.07) is 6.09. The number of nitrogens with zero attached hydrogens (tertiary/aromatic N) is 3. The Labute approximate surface area is 130 Å². The first-order chi connectivity index (χ1) is 11.1. The van der Waals surface area contributed by atoms with Gasteiger partial charge in [-0.1, -0.05) is 18.2 Å². The van der Waals surface area contributed by atoms with E-state index in [1.165, 1.54) is 12.1 Å². The lowest BCUT2D eigenvalue weighted by Crippen LogP contribution is -2.13. The minimum absolute atomic E-state index is 0.153. The Morgan fingerprint density at radius 3 is 2.12 bits per heavy atom. The second-order valence-corrected chi connectivity index (χ2v) is 4.88. The molecule has 0 atom stereocenters. The van der Waals surface area contributed by atoms with Gasteiger partial charge in [0, 0.05) is 5.56 Å². The van der Waals surface area contributed by atoms with Crippen molar-refractivity contribution < 1.29 is 26.3 Å². The SMILES string of the molecule is Nc1nc2c(-c3ccccc3C(F)(F)F)ccc(C(F)(F)F)n2n1. The van der Waals surface area contributed by atoms with Gasteiger partial charge in [-0.05, 0) is 23.8 Å². The number of alkyl halides is 6. The maximum atomic E-state index is 13.2. The Balaban J connectivity index is 2.35. The highest BCUT2D eigenvalue weighted by molar-refractivity contribution is 5.80. The van der Waals surface area contributed by atoms with Crippen molar-refractivity contribution in [1.29, 1.82) is 0 Å². The fourth-order valence-corrected chi connectivity index (χ4v) is 2.37. The van der Waals surface area contributed by atoms with Gasteiger partial charge in [-0.3, -0.25) is 0 Å². The summed E-state index contributed by atoms with van der Waals surface area (Å²) in [6.45, 7) is 0. The van der Waals surface area contributed by atoms with Crippen LogP contribution in [0.15, 0.2) is 36.4 Å². The van der Waals surface area contributed by atoms with Crippen LogP contribution >= 0.6 is 0 Å². The zero-order valence-electron chi connectivity index (χ0n) is 11.7. The van der Waals surface area contributed by atoms with E-state index in [4.69, 9.17) is 5.73 Å². The summed E-state index contributed by atoms with van der Waals surface area (Å²) in [4.78, 5) is 3.65. The molecule has 0 bridgehead atoms. The number of aromatic nitrogens is 3. The van der Waals surface area contributed by atoms with E-state index in [1.54, 1.807) is 0 Å². The van der Waals surface area contributed by atoms with Crippen molar-refractivity contribution in [2.45, 2.75) is 12.4 Å². The molecule has 2 aromatic heterocycles. The molecule has 2 heterocycles. The molecule has 0 fully saturated rings. The summed E-state index contributed by atoms with van der Waals surface area (Å²) in [5.74, 6) is -0.475. The van der Waals surface area contributed by atoms with Crippen LogP contribution in [0.1, 0.15) is 11.3 Å². The number of nitrogen functional groups attached to an aromatic ring is 1. The van der Waals surface area contributed by atoms with Crippen LogP contribution in [-0.2, 0) is 12.4 Å². The molecule has 3 aromatic rings. The van der Waals surface area contributed by atoms with Crippen LogP contribution < -0.4 is 5.73 Å². The van der Waals surface area contributed by atoms with E-state index >= 15 is 0 Å². The number of benzene rings is 1. The Morgan fingerprint density at radius 1 is 0.833 bits per heavy atom. The van der Waals surface area contributed by atoms with Crippen molar-refractivity contribution in [2.75, 3.05) is 5.73 Å². The van der Waals surface area contributed by atoms with Crippen molar-refractivity contribution in [3.8, 4) is 11.1 Å². The molecule has 0 saturated carbocycles. The molecule has 4 nitrogen and oxygen atoms in total. The number of hydrogen-bond donors (Lipinski definition) is 1. The van der Waals surface area contributed by atoms with E-state index < -0.39 is 35.2 Å². The minimum atomic E-state index is -4.76. The lowest BCUT2D eigenvalue weighted by atomic mass is 10.00. The molecule has 0 spiro atoms. The maximum Gasteiger partial charge on any atom is 0.433 e. The van der Waals surface area contributed by atoms with E-state index in [9.17, 15) is 26.3 Å². The number of pyridine rings is 1. The van der Waals surface area contributed by atoms with Crippen LogP contribution in [-0.4, -0.2) is 14.6 Å². The topological polar surface area (TPSA) is 56.2 Å². The highest BCUT2D eigenvalue weighted by Gasteiger charge is 2.37. The Hall–Kier alpha value is -2.78. The normalized spacial score (nSPS) is 12.8. The third kappa shape index (κ3) is 2.63. The van der Waals surface area contributed by atoms with Crippen LogP contribution in [0.5, 0.6) is 0 Å². The quantitative estimate of drug-likeness (QED) is 0.677. The van der Waals surface area contributed by atoms with Crippen LogP contribution in [0.3, 0.4) is 0 Å². The largest absolute Gasteiger partial charge is 0.433 e. The van der Waals surface area contributed by atoms with Crippen LogP contribution in [0.4, 0.5) is 32.3 Å². The summed E-state index contributed by atoms with van der Waals surface area (Å²) < 4.78 is 78.9. The van der Waals surface area contributed by atoms with E-state index in [1.807, 2.05) is 0 Å². The number of hydrogen-bond acceptors (Lipinski definition) is 3. The Kier molecular flexibility index (Phi) is 3.43. The molecule has 10 heteroatoms. The summed E-state index contributed by atoms with van der Waals surface area (Å²) in [7, 11) is 0. The number of anilines is 1. The average Bonchev–Trinajstić information content (AvgIpc) is 2.85. The van der Waals surface area contributed by atoms with E-state index in [0.717, 1.165) is 18.2 Å². The number of rotatable bonds is 1. The summed E-state index contributed by atoms with van der Waals surface area (Å²) >= 11 is 0. The molecule has 24 heavy (non-hydrogen) atoms. The van der Waals surface area contributed by atoms with Crippen molar-refractivity contribution >= 4 is 11.6 Å². The lowest BCUT2D eigenvalue weighted by Gasteiger charge is -2.15. The molecule has 0 amide bonds. The lowest BCUT2D eigenvalue weighted by molar-refractivity contribution is -0.142. The van der Waals surface area contributed by atoms with Crippen molar-refractivity contribution in [3.63, 3.8) is 0 Å².